The van der Waals surface area contributed by atoms with E-state index in [2.05, 4.69) is 20.4 Å². The molecule has 0 fully saturated rings. The Balaban J connectivity index is 1.54. The summed E-state index contributed by atoms with van der Waals surface area (Å²) >= 11 is 1.51. The summed E-state index contributed by atoms with van der Waals surface area (Å²) in [5, 5.41) is 18.5. The van der Waals surface area contributed by atoms with Crippen molar-refractivity contribution < 1.29 is 4.42 Å². The topological polar surface area (TPSA) is 96.0 Å². The van der Waals surface area contributed by atoms with Crippen molar-refractivity contribution in [3.8, 4) is 11.4 Å². The van der Waals surface area contributed by atoms with Crippen LogP contribution in [0.5, 0.6) is 0 Å². The monoisotopic (exact) mass is 407 g/mol. The number of aromatic nitrogens is 7. The highest BCUT2D eigenvalue weighted by Gasteiger charge is 2.18. The Hall–Kier alpha value is -3.40. The lowest BCUT2D eigenvalue weighted by Crippen LogP contribution is -2.20. The number of para-hydroxylation sites is 1. The lowest BCUT2D eigenvalue weighted by molar-refractivity contribution is 0.534. The number of furan rings is 1. The highest BCUT2D eigenvalue weighted by atomic mass is 32.2. The number of hydrogen-bond acceptors (Lipinski definition) is 7. The zero-order chi connectivity index (χ0) is 20.1. The van der Waals surface area contributed by atoms with Crippen molar-refractivity contribution in [2.45, 2.75) is 17.8 Å². The minimum atomic E-state index is -0.0897. The molecule has 9 nitrogen and oxygen atoms in total. The molecule has 0 unspecified atom stereocenters. The zero-order valence-electron chi connectivity index (χ0n) is 16.0. The van der Waals surface area contributed by atoms with E-state index in [0.29, 0.717) is 16.9 Å². The van der Waals surface area contributed by atoms with Crippen LogP contribution in [0.1, 0.15) is 11.6 Å². The molecule has 5 rings (SSSR count). The summed E-state index contributed by atoms with van der Waals surface area (Å²) < 4.78 is 10.7. The highest BCUT2D eigenvalue weighted by molar-refractivity contribution is 7.98. The van der Waals surface area contributed by atoms with E-state index in [1.165, 1.54) is 16.3 Å². The van der Waals surface area contributed by atoms with Crippen LogP contribution in [0.25, 0.3) is 28.1 Å². The van der Waals surface area contributed by atoms with Gasteiger partial charge in [0.15, 0.2) is 11.0 Å². The van der Waals surface area contributed by atoms with E-state index in [-0.39, 0.29) is 5.56 Å². The van der Waals surface area contributed by atoms with Crippen molar-refractivity contribution in [3.63, 3.8) is 0 Å². The second kappa shape index (κ2) is 6.59. The molecule has 0 saturated carbocycles. The van der Waals surface area contributed by atoms with Gasteiger partial charge in [-0.05, 0) is 25.1 Å². The van der Waals surface area contributed by atoms with Gasteiger partial charge in [-0.3, -0.25) is 13.8 Å². The van der Waals surface area contributed by atoms with Crippen LogP contribution in [-0.4, -0.2) is 33.9 Å². The molecular weight excluding hydrogens is 390 g/mol. The van der Waals surface area contributed by atoms with E-state index >= 15 is 0 Å². The van der Waals surface area contributed by atoms with Crippen molar-refractivity contribution in [1.82, 2.24) is 33.9 Å². The first-order valence-electron chi connectivity index (χ1n) is 8.94. The van der Waals surface area contributed by atoms with Crippen molar-refractivity contribution in [2.24, 2.45) is 14.1 Å². The molecule has 0 bridgehead atoms. The lowest BCUT2D eigenvalue weighted by Gasteiger charge is -2.07. The summed E-state index contributed by atoms with van der Waals surface area (Å²) in [6, 6.07) is 9.36. The van der Waals surface area contributed by atoms with Gasteiger partial charge in [-0.2, -0.15) is 0 Å². The first-order chi connectivity index (χ1) is 14.1. The van der Waals surface area contributed by atoms with Crippen molar-refractivity contribution in [1.29, 1.82) is 0 Å². The van der Waals surface area contributed by atoms with Crippen molar-refractivity contribution >= 4 is 28.4 Å². The zero-order valence-corrected chi connectivity index (χ0v) is 16.8. The minimum absolute atomic E-state index is 0.0897. The third kappa shape index (κ3) is 2.67. The second-order valence-corrected chi connectivity index (χ2v) is 7.62. The standard InChI is InChI=1S/C19H17N7O2S/c1-11-12(8-9-28-11)16-21-23-19(24(16)2)29-10-15-20-22-18-25(3)17(27)13-6-4-5-7-14(13)26(15)18/h4-9H,10H2,1-3H3. The molecule has 0 N–H and O–H groups in total. The third-order valence-corrected chi connectivity index (χ3v) is 5.97. The van der Waals surface area contributed by atoms with Crippen LogP contribution in [-0.2, 0) is 19.8 Å². The molecule has 0 aliphatic rings. The molecule has 5 aromatic rings. The fraction of sp³-hybridized carbons (Fsp3) is 0.211. The van der Waals surface area contributed by atoms with Gasteiger partial charge < -0.3 is 8.98 Å². The van der Waals surface area contributed by atoms with Crippen molar-refractivity contribution in [2.75, 3.05) is 0 Å². The quantitative estimate of drug-likeness (QED) is 0.423. The fourth-order valence-electron chi connectivity index (χ4n) is 3.41. The van der Waals surface area contributed by atoms with Gasteiger partial charge in [0.1, 0.15) is 11.6 Å². The van der Waals surface area contributed by atoms with Crippen LogP contribution in [0.3, 0.4) is 0 Å². The van der Waals surface area contributed by atoms with Crippen LogP contribution in [0.2, 0.25) is 0 Å². The summed E-state index contributed by atoms with van der Waals surface area (Å²) in [6.07, 6.45) is 1.64. The Kier molecular flexibility index (Phi) is 4.02. The van der Waals surface area contributed by atoms with Gasteiger partial charge in [0, 0.05) is 14.1 Å². The van der Waals surface area contributed by atoms with E-state index in [1.807, 2.05) is 53.3 Å². The van der Waals surface area contributed by atoms with E-state index in [9.17, 15) is 4.79 Å². The van der Waals surface area contributed by atoms with Gasteiger partial charge in [0.2, 0.25) is 5.78 Å². The Morgan fingerprint density at radius 3 is 2.66 bits per heavy atom. The van der Waals surface area contributed by atoms with Crippen LogP contribution >= 0.6 is 11.8 Å². The lowest BCUT2D eigenvalue weighted by atomic mass is 10.2. The van der Waals surface area contributed by atoms with Crippen molar-refractivity contribution in [3.05, 3.63) is 58.5 Å². The molecule has 0 aliphatic carbocycles. The first-order valence-corrected chi connectivity index (χ1v) is 9.93. The van der Waals surface area contributed by atoms with Gasteiger partial charge in [-0.25, -0.2) is 0 Å². The highest BCUT2D eigenvalue weighted by Crippen LogP contribution is 2.27. The molecule has 0 spiro atoms. The Labute approximate surface area is 169 Å². The first kappa shape index (κ1) is 17.7. The van der Waals surface area contributed by atoms with E-state index in [1.54, 1.807) is 13.3 Å². The van der Waals surface area contributed by atoms with Crippen LogP contribution < -0.4 is 5.56 Å². The Morgan fingerprint density at radius 1 is 1.03 bits per heavy atom. The normalized spacial score (nSPS) is 11.7. The maximum absolute atomic E-state index is 12.6. The maximum atomic E-state index is 12.6. The van der Waals surface area contributed by atoms with Gasteiger partial charge in [0.05, 0.1) is 28.5 Å². The molecule has 0 saturated heterocycles. The molecule has 0 amide bonds. The van der Waals surface area contributed by atoms with Crippen LogP contribution in [0, 0.1) is 6.92 Å². The molecule has 10 heteroatoms. The molecule has 146 valence electrons. The third-order valence-electron chi connectivity index (χ3n) is 4.96. The summed E-state index contributed by atoms with van der Waals surface area (Å²) in [7, 11) is 3.63. The van der Waals surface area contributed by atoms with Gasteiger partial charge in [-0.15, -0.1) is 20.4 Å². The number of hydrogen-bond donors (Lipinski definition) is 0. The predicted molar refractivity (Wildman–Crippen MR) is 109 cm³/mol. The number of fused-ring (bicyclic) bond motifs is 3. The van der Waals surface area contributed by atoms with Gasteiger partial charge in [0.25, 0.3) is 5.56 Å². The van der Waals surface area contributed by atoms with Gasteiger partial charge in [-0.1, -0.05) is 23.9 Å². The molecule has 0 atom stereocenters. The average Bonchev–Trinajstić information content (AvgIpc) is 3.43. The van der Waals surface area contributed by atoms with Crippen LogP contribution in [0.15, 0.2) is 51.0 Å². The van der Waals surface area contributed by atoms with Crippen LogP contribution in [0.4, 0.5) is 0 Å². The molecule has 4 aromatic heterocycles. The second-order valence-electron chi connectivity index (χ2n) is 6.68. The molecular formula is C19H17N7O2S. The number of thioether (sulfide) groups is 1. The molecule has 4 heterocycles. The predicted octanol–water partition coefficient (Wildman–Crippen LogP) is 2.57. The molecule has 29 heavy (non-hydrogen) atoms. The number of aryl methyl sites for hydroxylation is 2. The SMILES string of the molecule is Cc1occc1-c1nnc(SCc2nnc3n(C)c(=O)c4ccccc4n23)n1C. The summed E-state index contributed by atoms with van der Waals surface area (Å²) in [6.45, 7) is 1.90. The van der Waals surface area contributed by atoms with E-state index in [0.717, 1.165) is 33.6 Å². The summed E-state index contributed by atoms with van der Waals surface area (Å²) in [5.74, 6) is 3.32. The Morgan fingerprint density at radius 2 is 1.86 bits per heavy atom. The Bertz CT molecular complexity index is 1430. The minimum Gasteiger partial charge on any atom is -0.469 e. The van der Waals surface area contributed by atoms with E-state index < -0.39 is 0 Å². The van der Waals surface area contributed by atoms with Gasteiger partial charge >= 0.3 is 0 Å². The fourth-order valence-corrected chi connectivity index (χ4v) is 4.23. The number of nitrogens with zero attached hydrogens (tertiary/aromatic N) is 7. The largest absolute Gasteiger partial charge is 0.469 e. The summed E-state index contributed by atoms with van der Waals surface area (Å²) in [4.78, 5) is 12.6. The average molecular weight is 407 g/mol. The molecule has 0 aliphatic heterocycles. The number of rotatable bonds is 4. The number of benzene rings is 1. The molecule has 0 radical (unpaired) electrons. The molecule has 1 aromatic carbocycles. The summed E-state index contributed by atoms with van der Waals surface area (Å²) in [5.41, 5.74) is 1.62. The van der Waals surface area contributed by atoms with E-state index in [4.69, 9.17) is 4.42 Å². The smallest absolute Gasteiger partial charge is 0.262 e. The maximum Gasteiger partial charge on any atom is 0.262 e.